The molecule has 1 N–H and O–H groups in total. The Bertz CT molecular complexity index is 1100. The van der Waals surface area contributed by atoms with Crippen LogP contribution < -0.4 is 0 Å². The van der Waals surface area contributed by atoms with Crippen LogP contribution in [0.3, 0.4) is 0 Å². The van der Waals surface area contributed by atoms with Gasteiger partial charge in [-0.1, -0.05) is 93.9 Å². The number of Topliss-reactive ketones (excluding diaryl/α,β-unsaturated/α-hetero) is 1. The Kier molecular flexibility index (Phi) is 9.34. The molecule has 0 spiro atoms. The molecule has 0 heterocycles. The van der Waals surface area contributed by atoms with Gasteiger partial charge in [-0.2, -0.15) is 5.26 Å². The second-order valence-corrected chi connectivity index (χ2v) is 15.6. The predicted octanol–water partition coefficient (Wildman–Crippen LogP) is 9.47. The highest BCUT2D eigenvalue weighted by atomic mass is 16.3. The van der Waals surface area contributed by atoms with Gasteiger partial charge in [-0.15, -0.1) is 0 Å². The summed E-state index contributed by atoms with van der Waals surface area (Å²) in [6, 6.07) is 2.17. The molecule has 4 atom stereocenters. The highest BCUT2D eigenvalue weighted by Crippen LogP contribution is 2.67. The number of hydrogen-bond donors (Lipinski definition) is 1. The molecule has 4 heteroatoms. The quantitative estimate of drug-likeness (QED) is 0.210. The van der Waals surface area contributed by atoms with E-state index in [1.54, 1.807) is 6.92 Å². The molecule has 1 saturated carbocycles. The molecule has 2 rings (SSSR count). The number of hydrogen-bond acceptors (Lipinski definition) is 4. The summed E-state index contributed by atoms with van der Waals surface area (Å²) in [5.74, 6) is 0.166. The number of carbonyl (C=O) groups excluding carboxylic acids is 2. The molecule has 2 aliphatic rings. The van der Waals surface area contributed by atoms with Crippen molar-refractivity contribution in [3.63, 3.8) is 0 Å². The fraction of sp³-hybridized carbons (Fsp3) is 0.743. The lowest BCUT2D eigenvalue weighted by Gasteiger charge is -2.61. The highest BCUT2D eigenvalue weighted by molar-refractivity contribution is 6.04. The van der Waals surface area contributed by atoms with Crippen molar-refractivity contribution in [1.82, 2.24) is 0 Å². The van der Waals surface area contributed by atoms with Crippen molar-refractivity contribution < 1.29 is 14.7 Å². The fourth-order valence-corrected chi connectivity index (χ4v) is 7.61. The van der Waals surface area contributed by atoms with Gasteiger partial charge in [0, 0.05) is 17.3 Å². The molecule has 0 saturated heterocycles. The van der Waals surface area contributed by atoms with E-state index >= 15 is 0 Å². The average Bonchev–Trinajstić information content (AvgIpc) is 2.81. The van der Waals surface area contributed by atoms with Crippen molar-refractivity contribution in [3.8, 4) is 6.07 Å². The Morgan fingerprint density at radius 3 is 2.18 bits per heavy atom. The molecular weight excluding hydrogens is 482 g/mol. The van der Waals surface area contributed by atoms with E-state index < -0.39 is 10.8 Å². The maximum Gasteiger partial charge on any atom is 0.178 e. The van der Waals surface area contributed by atoms with Crippen LogP contribution >= 0.6 is 0 Å². The standard InChI is InChI=1S/C35H55NO3/c1-13-30(4,5)16-18-33(10,21-25(3)38)19-17-31(6,7)35(12)15-14-27-32(8,9)29(39)26(23-36)22-34(27,11)28(35)20-24(2)37/h20,22,27,38H,3,13-19,21H2,1-2,4-12H3/b28-20-/t27?,33-,34-,35+/m0/s1. The molecule has 0 amide bonds. The van der Waals surface area contributed by atoms with E-state index in [0.29, 0.717) is 6.42 Å². The Morgan fingerprint density at radius 2 is 1.69 bits per heavy atom. The van der Waals surface area contributed by atoms with Gasteiger partial charge in [0.1, 0.15) is 6.07 Å². The van der Waals surface area contributed by atoms with Crippen LogP contribution in [-0.2, 0) is 9.59 Å². The number of nitrogens with zero attached hydrogens (tertiary/aromatic N) is 1. The zero-order valence-electron chi connectivity index (χ0n) is 26.8. The maximum atomic E-state index is 13.2. The number of ketones is 2. The third kappa shape index (κ3) is 6.44. The molecule has 218 valence electrons. The van der Waals surface area contributed by atoms with Crippen molar-refractivity contribution in [2.75, 3.05) is 0 Å². The third-order valence-electron chi connectivity index (χ3n) is 11.3. The minimum absolute atomic E-state index is 0.00118. The van der Waals surface area contributed by atoms with Gasteiger partial charge in [-0.3, -0.25) is 9.59 Å². The summed E-state index contributed by atoms with van der Waals surface area (Å²) in [5.41, 5.74) is -0.288. The first-order chi connectivity index (χ1) is 17.6. The van der Waals surface area contributed by atoms with Crippen LogP contribution in [0.15, 0.2) is 35.6 Å². The second-order valence-electron chi connectivity index (χ2n) is 15.6. The lowest BCUT2D eigenvalue weighted by Crippen LogP contribution is -2.55. The van der Waals surface area contributed by atoms with Gasteiger partial charge in [0.25, 0.3) is 0 Å². The summed E-state index contributed by atoms with van der Waals surface area (Å²) in [5, 5.41) is 20.1. The molecule has 39 heavy (non-hydrogen) atoms. The SMILES string of the molecule is C=C(O)C[C@@](C)(CCC(C)(C)CC)CCC(C)(C)[C@]1(C)CCC2C(C)(C)C(=O)C(C#N)=C[C@]2(C)/C1=C/C(C)=O. The number of carbonyl (C=O) groups is 2. The summed E-state index contributed by atoms with van der Waals surface area (Å²) in [7, 11) is 0. The molecule has 0 radical (unpaired) electrons. The average molecular weight is 538 g/mol. The van der Waals surface area contributed by atoms with Crippen LogP contribution in [0.2, 0.25) is 0 Å². The smallest absolute Gasteiger partial charge is 0.178 e. The molecule has 0 aromatic heterocycles. The van der Waals surface area contributed by atoms with Gasteiger partial charge >= 0.3 is 0 Å². The number of allylic oxidation sites excluding steroid dienone is 5. The van der Waals surface area contributed by atoms with Crippen LogP contribution in [0.1, 0.15) is 128 Å². The van der Waals surface area contributed by atoms with Crippen molar-refractivity contribution >= 4 is 11.6 Å². The van der Waals surface area contributed by atoms with E-state index in [1.165, 1.54) is 0 Å². The summed E-state index contributed by atoms with van der Waals surface area (Å²) in [6.45, 7) is 27.5. The number of nitriles is 1. The summed E-state index contributed by atoms with van der Waals surface area (Å²) in [6.07, 6.45) is 11.1. The first kappa shape index (κ1) is 33.1. The third-order valence-corrected chi connectivity index (χ3v) is 11.3. The minimum Gasteiger partial charge on any atom is -0.513 e. The lowest BCUT2D eigenvalue weighted by molar-refractivity contribution is -0.131. The van der Waals surface area contributed by atoms with E-state index in [9.17, 15) is 20.0 Å². The Labute approximate surface area is 239 Å². The topological polar surface area (TPSA) is 78.2 Å². The Morgan fingerprint density at radius 1 is 1.13 bits per heavy atom. The second kappa shape index (κ2) is 11.0. The van der Waals surface area contributed by atoms with Crippen LogP contribution in [0.5, 0.6) is 0 Å². The first-order valence-electron chi connectivity index (χ1n) is 14.9. The molecule has 2 aliphatic carbocycles. The number of fused-ring (bicyclic) bond motifs is 1. The normalized spacial score (nSPS) is 29.7. The van der Waals surface area contributed by atoms with Crippen LogP contribution in [0.25, 0.3) is 0 Å². The molecule has 0 aliphatic heterocycles. The van der Waals surface area contributed by atoms with E-state index in [4.69, 9.17) is 0 Å². The van der Waals surface area contributed by atoms with Crippen molar-refractivity contribution in [2.45, 2.75) is 128 Å². The zero-order valence-corrected chi connectivity index (χ0v) is 26.8. The van der Waals surface area contributed by atoms with Crippen molar-refractivity contribution in [2.24, 2.45) is 38.4 Å². The Balaban J connectivity index is 2.55. The van der Waals surface area contributed by atoms with Gasteiger partial charge < -0.3 is 5.11 Å². The number of aliphatic hydroxyl groups is 1. The van der Waals surface area contributed by atoms with Crippen LogP contribution in [0, 0.1) is 49.7 Å². The maximum absolute atomic E-state index is 13.2. The van der Waals surface area contributed by atoms with Gasteiger partial charge in [-0.25, -0.2) is 0 Å². The summed E-state index contributed by atoms with van der Waals surface area (Å²) < 4.78 is 0. The minimum atomic E-state index is -0.679. The summed E-state index contributed by atoms with van der Waals surface area (Å²) in [4.78, 5) is 25.9. The highest BCUT2D eigenvalue weighted by Gasteiger charge is 2.61. The molecule has 0 aromatic rings. The van der Waals surface area contributed by atoms with E-state index in [-0.39, 0.29) is 50.5 Å². The molecule has 1 fully saturated rings. The van der Waals surface area contributed by atoms with E-state index in [0.717, 1.165) is 50.5 Å². The van der Waals surface area contributed by atoms with Crippen molar-refractivity contribution in [3.05, 3.63) is 35.6 Å². The molecule has 0 bridgehead atoms. The first-order valence-corrected chi connectivity index (χ1v) is 14.9. The van der Waals surface area contributed by atoms with Crippen LogP contribution in [-0.4, -0.2) is 16.7 Å². The number of aliphatic hydroxyl groups excluding tert-OH is 1. The molecule has 0 aromatic carbocycles. The Hall–Kier alpha value is -2.15. The van der Waals surface area contributed by atoms with E-state index in [1.807, 2.05) is 26.0 Å². The molecular formula is C35H55NO3. The van der Waals surface area contributed by atoms with Crippen LogP contribution in [0.4, 0.5) is 0 Å². The summed E-state index contributed by atoms with van der Waals surface area (Å²) >= 11 is 0. The predicted molar refractivity (Wildman–Crippen MR) is 161 cm³/mol. The monoisotopic (exact) mass is 537 g/mol. The number of rotatable bonds is 11. The zero-order chi connectivity index (χ0) is 30.2. The van der Waals surface area contributed by atoms with Gasteiger partial charge in [0.05, 0.1) is 11.3 Å². The molecule has 4 nitrogen and oxygen atoms in total. The van der Waals surface area contributed by atoms with Gasteiger partial charge in [-0.05, 0) is 79.1 Å². The van der Waals surface area contributed by atoms with Gasteiger partial charge in [0.15, 0.2) is 11.6 Å². The molecule has 1 unspecified atom stereocenters. The van der Waals surface area contributed by atoms with Gasteiger partial charge in [0.2, 0.25) is 0 Å². The lowest BCUT2D eigenvalue weighted by atomic mass is 9.42. The fourth-order valence-electron chi connectivity index (χ4n) is 7.61. The van der Waals surface area contributed by atoms with Crippen molar-refractivity contribution in [1.29, 1.82) is 5.26 Å². The van der Waals surface area contributed by atoms with E-state index in [2.05, 4.69) is 68.0 Å². The largest absolute Gasteiger partial charge is 0.513 e.